The molecule has 0 spiro atoms. The number of amides is 2. The fourth-order valence-corrected chi connectivity index (χ4v) is 2.59. The largest absolute Gasteiger partial charge is 0.348 e. The molecule has 0 heterocycles. The summed E-state index contributed by atoms with van der Waals surface area (Å²) in [7, 11) is 1.76. The number of thioether (sulfide) groups is 1. The molecule has 134 valence electrons. The molecule has 0 aromatic heterocycles. The highest BCUT2D eigenvalue weighted by atomic mass is 32.2. The number of hydrogen-bond acceptors (Lipinski definition) is 4. The van der Waals surface area contributed by atoms with Gasteiger partial charge in [0.2, 0.25) is 11.8 Å². The minimum absolute atomic E-state index is 0.00242. The van der Waals surface area contributed by atoms with Crippen molar-refractivity contribution < 1.29 is 9.59 Å². The Morgan fingerprint density at radius 3 is 2.17 bits per heavy atom. The average molecular weight is 344 g/mol. The second-order valence-corrected chi connectivity index (χ2v) is 7.30. The smallest absolute Gasteiger partial charge is 0.239 e. The molecule has 0 aliphatic carbocycles. The molecule has 0 saturated heterocycles. The highest BCUT2D eigenvalue weighted by Crippen LogP contribution is 2.08. The summed E-state index contributed by atoms with van der Waals surface area (Å²) in [6.45, 7) is 8.39. The fourth-order valence-electron chi connectivity index (χ4n) is 2.24. The van der Waals surface area contributed by atoms with Gasteiger partial charge in [-0.1, -0.05) is 33.8 Å². The van der Waals surface area contributed by atoms with Gasteiger partial charge in [-0.05, 0) is 43.4 Å². The molecule has 0 saturated carbocycles. The molecule has 2 atom stereocenters. The van der Waals surface area contributed by atoms with Crippen LogP contribution in [0.4, 0.5) is 0 Å². The molecule has 5 nitrogen and oxygen atoms in total. The highest BCUT2D eigenvalue weighted by molar-refractivity contribution is 8.01. The standard InChI is InChI=1S/C17H33N3O2S/c1-12(2)9-14(7-8-23-6)20-16(21)11-19-17(22)15(18-5)10-13(3)4/h7-8,12-15,18H,9-11H2,1-6H3,(H,19,22)(H,20,21)/b8-7+/t14-,15?/m1/s1. The Kier molecular flexibility index (Phi) is 11.9. The minimum Gasteiger partial charge on any atom is -0.348 e. The van der Waals surface area contributed by atoms with E-state index in [9.17, 15) is 9.59 Å². The van der Waals surface area contributed by atoms with Crippen LogP contribution in [0.2, 0.25) is 0 Å². The Bertz CT molecular complexity index is 384. The molecule has 3 N–H and O–H groups in total. The van der Waals surface area contributed by atoms with Crippen molar-refractivity contribution in [1.82, 2.24) is 16.0 Å². The molecule has 6 heteroatoms. The van der Waals surface area contributed by atoms with Crippen LogP contribution in [0.25, 0.3) is 0 Å². The number of hydrogen-bond donors (Lipinski definition) is 3. The van der Waals surface area contributed by atoms with E-state index in [1.54, 1.807) is 18.8 Å². The fraction of sp³-hybridized carbons (Fsp3) is 0.765. The number of likely N-dealkylation sites (N-methyl/N-ethyl adjacent to an activating group) is 1. The van der Waals surface area contributed by atoms with Crippen LogP contribution >= 0.6 is 11.8 Å². The van der Waals surface area contributed by atoms with Gasteiger partial charge in [0.05, 0.1) is 12.6 Å². The number of carbonyl (C=O) groups excluding carboxylic acids is 2. The molecule has 0 radical (unpaired) electrons. The van der Waals surface area contributed by atoms with Crippen molar-refractivity contribution in [2.75, 3.05) is 19.8 Å². The van der Waals surface area contributed by atoms with Crippen LogP contribution in [0.3, 0.4) is 0 Å². The van der Waals surface area contributed by atoms with E-state index in [1.807, 2.05) is 17.7 Å². The second kappa shape index (κ2) is 12.4. The maximum absolute atomic E-state index is 12.1. The van der Waals surface area contributed by atoms with Crippen molar-refractivity contribution in [3.63, 3.8) is 0 Å². The topological polar surface area (TPSA) is 70.2 Å². The summed E-state index contributed by atoms with van der Waals surface area (Å²) in [5.41, 5.74) is 0. The van der Waals surface area contributed by atoms with Crippen LogP contribution in [-0.4, -0.2) is 43.7 Å². The summed E-state index contributed by atoms with van der Waals surface area (Å²) in [6, 6.07) is -0.256. The van der Waals surface area contributed by atoms with Gasteiger partial charge >= 0.3 is 0 Å². The molecule has 0 aliphatic heterocycles. The quantitative estimate of drug-likeness (QED) is 0.538. The van der Waals surface area contributed by atoms with Gasteiger partial charge in [0, 0.05) is 6.04 Å². The van der Waals surface area contributed by atoms with Gasteiger partial charge < -0.3 is 16.0 Å². The molecule has 0 rings (SSSR count). The molecule has 0 aromatic rings. The average Bonchev–Trinajstić information content (AvgIpc) is 2.47. The summed E-state index contributed by atoms with van der Waals surface area (Å²) in [6.07, 6.45) is 5.61. The zero-order valence-electron chi connectivity index (χ0n) is 15.3. The number of nitrogens with one attached hydrogen (secondary N) is 3. The monoisotopic (exact) mass is 343 g/mol. The summed E-state index contributed by atoms with van der Waals surface area (Å²) in [5.74, 6) is 0.616. The Hall–Kier alpha value is -1.01. The molecule has 0 fully saturated rings. The van der Waals surface area contributed by atoms with E-state index in [1.165, 1.54) is 0 Å². The molecule has 1 unspecified atom stereocenters. The minimum atomic E-state index is -0.259. The Labute approximate surface area is 145 Å². The van der Waals surface area contributed by atoms with Gasteiger partial charge in [-0.25, -0.2) is 0 Å². The first-order valence-corrected chi connectivity index (χ1v) is 9.52. The van der Waals surface area contributed by atoms with Crippen LogP contribution in [0.15, 0.2) is 11.5 Å². The van der Waals surface area contributed by atoms with Crippen molar-refractivity contribution in [2.45, 2.75) is 52.6 Å². The lowest BCUT2D eigenvalue weighted by molar-refractivity contribution is -0.127. The first-order valence-electron chi connectivity index (χ1n) is 8.23. The zero-order valence-corrected chi connectivity index (χ0v) is 16.1. The third kappa shape index (κ3) is 11.2. The maximum Gasteiger partial charge on any atom is 0.239 e. The molecule has 2 amide bonds. The molecule has 0 aliphatic rings. The normalized spacial score (nSPS) is 14.3. The second-order valence-electron chi connectivity index (χ2n) is 6.56. The van der Waals surface area contributed by atoms with Gasteiger partial charge in [0.1, 0.15) is 0 Å². The summed E-state index contributed by atoms with van der Waals surface area (Å²) in [5, 5.41) is 10.6. The van der Waals surface area contributed by atoms with Crippen molar-refractivity contribution in [3.05, 3.63) is 11.5 Å². The predicted octanol–water partition coefficient (Wildman–Crippen LogP) is 2.14. The first-order chi connectivity index (χ1) is 10.8. The Morgan fingerprint density at radius 1 is 1.09 bits per heavy atom. The highest BCUT2D eigenvalue weighted by Gasteiger charge is 2.18. The van der Waals surface area contributed by atoms with Crippen LogP contribution in [0.1, 0.15) is 40.5 Å². The van der Waals surface area contributed by atoms with Crippen molar-refractivity contribution >= 4 is 23.6 Å². The van der Waals surface area contributed by atoms with Gasteiger partial charge in [-0.3, -0.25) is 9.59 Å². The van der Waals surface area contributed by atoms with Gasteiger partial charge in [-0.2, -0.15) is 0 Å². The predicted molar refractivity (Wildman–Crippen MR) is 99.4 cm³/mol. The lowest BCUT2D eigenvalue weighted by atomic mass is 10.0. The molecule has 23 heavy (non-hydrogen) atoms. The summed E-state index contributed by atoms with van der Waals surface area (Å²) < 4.78 is 0. The van der Waals surface area contributed by atoms with Crippen molar-refractivity contribution in [2.24, 2.45) is 11.8 Å². The SMILES string of the molecule is CNC(CC(C)C)C(=O)NCC(=O)N[C@H](/C=C/SC)CC(C)C. The van der Waals surface area contributed by atoms with Crippen LogP contribution in [0, 0.1) is 11.8 Å². The first kappa shape index (κ1) is 22.0. The lowest BCUT2D eigenvalue weighted by Gasteiger charge is -2.19. The van der Waals surface area contributed by atoms with Crippen molar-refractivity contribution in [3.8, 4) is 0 Å². The van der Waals surface area contributed by atoms with Crippen LogP contribution < -0.4 is 16.0 Å². The molecule has 0 aromatic carbocycles. The van der Waals surface area contributed by atoms with Gasteiger partial charge in [0.15, 0.2) is 0 Å². The van der Waals surface area contributed by atoms with E-state index in [4.69, 9.17) is 0 Å². The van der Waals surface area contributed by atoms with E-state index in [2.05, 4.69) is 43.6 Å². The van der Waals surface area contributed by atoms with Crippen LogP contribution in [0.5, 0.6) is 0 Å². The van der Waals surface area contributed by atoms with Crippen molar-refractivity contribution in [1.29, 1.82) is 0 Å². The summed E-state index contributed by atoms with van der Waals surface area (Å²) >= 11 is 1.61. The Balaban J connectivity index is 4.39. The number of carbonyl (C=O) groups is 2. The molecule has 0 bridgehead atoms. The van der Waals surface area contributed by atoms with Crippen LogP contribution in [-0.2, 0) is 9.59 Å². The summed E-state index contributed by atoms with van der Waals surface area (Å²) in [4.78, 5) is 24.1. The molecular formula is C17H33N3O2S. The number of rotatable bonds is 11. The molecular weight excluding hydrogens is 310 g/mol. The van der Waals surface area contributed by atoms with E-state index in [0.29, 0.717) is 11.8 Å². The Morgan fingerprint density at radius 2 is 1.70 bits per heavy atom. The van der Waals surface area contributed by atoms with Gasteiger partial charge in [0.25, 0.3) is 0 Å². The van der Waals surface area contributed by atoms with E-state index in [-0.39, 0.29) is 30.4 Å². The van der Waals surface area contributed by atoms with E-state index in [0.717, 1.165) is 12.8 Å². The lowest BCUT2D eigenvalue weighted by Crippen LogP contribution is -2.48. The third-order valence-electron chi connectivity index (χ3n) is 3.31. The van der Waals surface area contributed by atoms with E-state index >= 15 is 0 Å². The third-order valence-corrected chi connectivity index (χ3v) is 3.74. The maximum atomic E-state index is 12.1. The zero-order chi connectivity index (χ0) is 17.8. The van der Waals surface area contributed by atoms with E-state index < -0.39 is 0 Å². The van der Waals surface area contributed by atoms with Gasteiger partial charge in [-0.15, -0.1) is 11.8 Å².